The standard InChI is InChI=1S/C79H144O17P2/c1-5-9-13-17-21-25-29-33-36-40-43-47-51-55-59-63-76(81)89-69-74(95-78(83)65-61-57-53-49-45-39-32-28-24-20-16-12-8-4)71-93-97(85,86)91-67-73(80)68-92-98(87,88)94-72-75(96-79(84)66-62-58-54-50-46-42-38-35-31-27-23-19-15-11-7-3)70-90-77(82)64-60-56-52-48-44-41-37-34-30-26-22-18-14-10-6-2/h9,13,21,25,33-34,36-37,43,47,73-75,80H,5-8,10-12,14-20,22-24,26-32,35,38-42,44-46,48-72H2,1-4H3,(H,85,86)(H,87,88)/b13-9-,25-21-,36-33-,37-34-,47-43-. The first-order valence-electron chi connectivity index (χ1n) is 39.5. The monoisotopic (exact) mass is 1430 g/mol. The fraction of sp³-hybridized carbons (Fsp3) is 0.823. The van der Waals surface area contributed by atoms with Crippen molar-refractivity contribution in [2.45, 2.75) is 380 Å². The molecule has 5 unspecified atom stereocenters. The van der Waals surface area contributed by atoms with Gasteiger partial charge in [0.15, 0.2) is 12.2 Å². The maximum Gasteiger partial charge on any atom is 0.472 e. The molecule has 0 aromatic rings. The van der Waals surface area contributed by atoms with Crippen LogP contribution in [0.2, 0.25) is 0 Å². The van der Waals surface area contributed by atoms with E-state index in [0.29, 0.717) is 25.7 Å². The van der Waals surface area contributed by atoms with E-state index in [1.165, 1.54) is 154 Å². The Morgan fingerprint density at radius 1 is 0.296 bits per heavy atom. The van der Waals surface area contributed by atoms with Gasteiger partial charge < -0.3 is 33.8 Å². The van der Waals surface area contributed by atoms with Crippen LogP contribution in [0.5, 0.6) is 0 Å². The van der Waals surface area contributed by atoms with Gasteiger partial charge in [-0.05, 0) is 89.9 Å². The molecule has 572 valence electrons. The summed E-state index contributed by atoms with van der Waals surface area (Å²) in [6.45, 7) is 4.77. The molecule has 0 heterocycles. The second-order valence-electron chi connectivity index (χ2n) is 26.6. The lowest BCUT2D eigenvalue weighted by Crippen LogP contribution is -2.30. The second kappa shape index (κ2) is 72.1. The largest absolute Gasteiger partial charge is 0.472 e. The number of hydrogen-bond acceptors (Lipinski definition) is 15. The quantitative estimate of drug-likeness (QED) is 0.0169. The van der Waals surface area contributed by atoms with Crippen LogP contribution in [0.4, 0.5) is 0 Å². The Labute approximate surface area is 597 Å². The number of esters is 4. The maximum absolute atomic E-state index is 13.1. The highest BCUT2D eigenvalue weighted by Gasteiger charge is 2.30. The van der Waals surface area contributed by atoms with Crippen LogP contribution in [-0.2, 0) is 65.4 Å². The minimum absolute atomic E-state index is 0.0918. The van der Waals surface area contributed by atoms with Gasteiger partial charge in [0, 0.05) is 25.7 Å². The van der Waals surface area contributed by atoms with Gasteiger partial charge in [0.25, 0.3) is 0 Å². The van der Waals surface area contributed by atoms with E-state index in [1.807, 2.05) is 0 Å². The molecule has 98 heavy (non-hydrogen) atoms. The molecule has 5 atom stereocenters. The van der Waals surface area contributed by atoms with Crippen LogP contribution >= 0.6 is 15.6 Å². The number of hydrogen-bond donors (Lipinski definition) is 3. The fourth-order valence-electron chi connectivity index (χ4n) is 11.0. The zero-order valence-corrected chi connectivity index (χ0v) is 64.3. The molecule has 0 rings (SSSR count). The van der Waals surface area contributed by atoms with Crippen molar-refractivity contribution in [1.29, 1.82) is 0 Å². The molecule has 0 bridgehead atoms. The molecule has 0 aliphatic heterocycles. The van der Waals surface area contributed by atoms with Crippen molar-refractivity contribution in [3.63, 3.8) is 0 Å². The first kappa shape index (κ1) is 94.8. The Balaban J connectivity index is 5.34. The Morgan fingerprint density at radius 2 is 0.531 bits per heavy atom. The van der Waals surface area contributed by atoms with Crippen LogP contribution in [0, 0.1) is 0 Å². The maximum atomic E-state index is 13.1. The van der Waals surface area contributed by atoms with E-state index >= 15 is 0 Å². The van der Waals surface area contributed by atoms with Gasteiger partial charge in [-0.3, -0.25) is 37.3 Å². The van der Waals surface area contributed by atoms with E-state index in [2.05, 4.69) is 88.5 Å². The fourth-order valence-corrected chi connectivity index (χ4v) is 12.6. The van der Waals surface area contributed by atoms with Gasteiger partial charge in [-0.1, -0.05) is 307 Å². The molecule has 0 aliphatic rings. The number of unbranched alkanes of at least 4 members (excludes halogenated alkanes) is 39. The summed E-state index contributed by atoms with van der Waals surface area (Å²) in [4.78, 5) is 72.9. The molecule has 0 amide bonds. The van der Waals surface area contributed by atoms with E-state index in [1.54, 1.807) is 0 Å². The number of rotatable bonds is 75. The van der Waals surface area contributed by atoms with E-state index in [-0.39, 0.29) is 25.7 Å². The SMILES string of the molecule is CC/C=C\C/C=C\C/C=C\C/C=C\CCCCC(=O)OCC(COP(=O)(O)OCC(O)COP(=O)(O)OCC(COC(=O)CCCCCCC/C=C\CCCCCCCC)OC(=O)CCCCCCCCCCCCCCCCC)OC(=O)CCCCCCCCCCCCCCC. The summed E-state index contributed by atoms with van der Waals surface area (Å²) in [6, 6.07) is 0. The number of phosphoric acid groups is 2. The molecule has 0 saturated heterocycles. The third-order valence-electron chi connectivity index (χ3n) is 17.0. The van der Waals surface area contributed by atoms with Crippen molar-refractivity contribution in [2.24, 2.45) is 0 Å². The van der Waals surface area contributed by atoms with Gasteiger partial charge in [-0.25, -0.2) is 9.13 Å². The summed E-state index contributed by atoms with van der Waals surface area (Å²) >= 11 is 0. The zero-order chi connectivity index (χ0) is 71.8. The van der Waals surface area contributed by atoms with Gasteiger partial charge in [0.1, 0.15) is 19.3 Å². The second-order valence-corrected chi connectivity index (χ2v) is 29.5. The third kappa shape index (κ3) is 71.2. The average molecular weight is 1430 g/mol. The molecular weight excluding hydrogens is 1280 g/mol. The highest BCUT2D eigenvalue weighted by atomic mass is 31.2. The molecule has 17 nitrogen and oxygen atoms in total. The summed E-state index contributed by atoms with van der Waals surface area (Å²) in [5.74, 6) is -2.20. The van der Waals surface area contributed by atoms with Gasteiger partial charge in [0.2, 0.25) is 0 Å². The first-order chi connectivity index (χ1) is 47.7. The van der Waals surface area contributed by atoms with Gasteiger partial charge in [-0.2, -0.15) is 0 Å². The molecule has 0 aliphatic carbocycles. The number of ether oxygens (including phenoxy) is 4. The van der Waals surface area contributed by atoms with Gasteiger partial charge in [0.05, 0.1) is 26.4 Å². The highest BCUT2D eigenvalue weighted by molar-refractivity contribution is 7.47. The molecule has 0 saturated carbocycles. The molecule has 0 fully saturated rings. The smallest absolute Gasteiger partial charge is 0.462 e. The summed E-state index contributed by atoms with van der Waals surface area (Å²) < 4.78 is 68.5. The normalized spacial score (nSPS) is 14.2. The van der Waals surface area contributed by atoms with Gasteiger partial charge >= 0.3 is 39.5 Å². The number of phosphoric ester groups is 2. The predicted molar refractivity (Wildman–Crippen MR) is 400 cm³/mol. The Hall–Kier alpha value is -3.24. The topological polar surface area (TPSA) is 237 Å². The van der Waals surface area contributed by atoms with E-state index < -0.39 is 97.5 Å². The van der Waals surface area contributed by atoms with Crippen molar-refractivity contribution in [2.75, 3.05) is 39.6 Å². The van der Waals surface area contributed by atoms with Crippen molar-refractivity contribution < 1.29 is 80.2 Å². The summed E-state index contributed by atoms with van der Waals surface area (Å²) in [5.41, 5.74) is 0. The average Bonchev–Trinajstić information content (AvgIpc) is 0.959. The lowest BCUT2D eigenvalue weighted by molar-refractivity contribution is -0.161. The Morgan fingerprint density at radius 3 is 0.847 bits per heavy atom. The van der Waals surface area contributed by atoms with Crippen LogP contribution < -0.4 is 0 Å². The molecule has 0 aromatic heterocycles. The minimum Gasteiger partial charge on any atom is -0.462 e. The summed E-state index contributed by atoms with van der Waals surface area (Å²) in [6.07, 6.45) is 70.6. The zero-order valence-electron chi connectivity index (χ0n) is 62.5. The summed E-state index contributed by atoms with van der Waals surface area (Å²) in [7, 11) is -9.94. The Bertz CT molecular complexity index is 2100. The third-order valence-corrected chi connectivity index (χ3v) is 18.9. The summed E-state index contributed by atoms with van der Waals surface area (Å²) in [5, 5.41) is 10.6. The molecule has 3 N–H and O–H groups in total. The molecule has 0 radical (unpaired) electrons. The molecule has 19 heteroatoms. The predicted octanol–water partition coefficient (Wildman–Crippen LogP) is 22.7. The lowest BCUT2D eigenvalue weighted by Gasteiger charge is -2.21. The van der Waals surface area contributed by atoms with Crippen LogP contribution in [-0.4, -0.2) is 96.7 Å². The van der Waals surface area contributed by atoms with Gasteiger partial charge in [-0.15, -0.1) is 0 Å². The van der Waals surface area contributed by atoms with Crippen LogP contribution in [0.3, 0.4) is 0 Å². The van der Waals surface area contributed by atoms with Crippen LogP contribution in [0.15, 0.2) is 60.8 Å². The van der Waals surface area contributed by atoms with Crippen LogP contribution in [0.25, 0.3) is 0 Å². The first-order valence-corrected chi connectivity index (χ1v) is 42.5. The Kier molecular flexibility index (Phi) is 69.7. The number of aliphatic hydroxyl groups is 1. The molecular formula is C79H144O17P2. The van der Waals surface area contributed by atoms with Crippen molar-refractivity contribution in [1.82, 2.24) is 0 Å². The lowest BCUT2D eigenvalue weighted by atomic mass is 10.0. The number of aliphatic hydroxyl groups excluding tert-OH is 1. The molecule has 0 aromatic carbocycles. The number of carbonyl (C=O) groups excluding carboxylic acids is 4. The van der Waals surface area contributed by atoms with Crippen molar-refractivity contribution in [3.8, 4) is 0 Å². The van der Waals surface area contributed by atoms with Crippen LogP contribution in [0.1, 0.15) is 362 Å². The van der Waals surface area contributed by atoms with E-state index in [0.717, 1.165) is 128 Å². The molecule has 0 spiro atoms. The van der Waals surface area contributed by atoms with E-state index in [9.17, 15) is 43.2 Å². The number of allylic oxidation sites excluding steroid dienone is 10. The van der Waals surface area contributed by atoms with Crippen molar-refractivity contribution in [3.05, 3.63) is 60.8 Å². The highest BCUT2D eigenvalue weighted by Crippen LogP contribution is 2.45. The minimum atomic E-state index is -4.97. The van der Waals surface area contributed by atoms with Crippen molar-refractivity contribution >= 4 is 39.5 Å². The number of carbonyl (C=O) groups is 4. The van der Waals surface area contributed by atoms with E-state index in [4.69, 9.17) is 37.0 Å².